The molecule has 3 N–H and O–H groups in total. The van der Waals surface area contributed by atoms with Gasteiger partial charge in [0, 0.05) is 0 Å². The number of carbonyl (C=O) groups excluding carboxylic acids is 1. The normalized spacial score (nSPS) is 10.7. The Morgan fingerprint density at radius 3 is 2.78 bits per heavy atom. The summed E-state index contributed by atoms with van der Waals surface area (Å²) in [5, 5.41) is 2.63. The molecule has 0 saturated heterocycles. The highest BCUT2D eigenvalue weighted by Crippen LogP contribution is 2.18. The van der Waals surface area contributed by atoms with Gasteiger partial charge >= 0.3 is 0 Å². The van der Waals surface area contributed by atoms with Crippen molar-refractivity contribution in [1.82, 2.24) is 4.90 Å². The number of hydrogen-bond acceptors (Lipinski definition) is 3. The molecule has 1 aromatic carbocycles. The van der Waals surface area contributed by atoms with Crippen molar-refractivity contribution in [2.45, 2.75) is 20.3 Å². The van der Waals surface area contributed by atoms with Crippen LogP contribution < -0.4 is 11.1 Å². The van der Waals surface area contributed by atoms with Crippen molar-refractivity contribution in [1.29, 1.82) is 0 Å². The molecule has 1 amide bonds. The summed E-state index contributed by atoms with van der Waals surface area (Å²) in [7, 11) is 0. The maximum Gasteiger partial charge on any atom is 0.238 e. The third-order valence-corrected chi connectivity index (χ3v) is 2.64. The van der Waals surface area contributed by atoms with E-state index in [0.29, 0.717) is 17.9 Å². The molecule has 0 aliphatic carbocycles. The summed E-state index contributed by atoms with van der Waals surface area (Å²) >= 11 is 0. The van der Waals surface area contributed by atoms with Crippen molar-refractivity contribution in [2.24, 2.45) is 0 Å². The van der Waals surface area contributed by atoms with Crippen molar-refractivity contribution in [2.75, 3.05) is 30.7 Å². The number of nitrogens with one attached hydrogen (secondary N) is 1. The number of nitrogen functional groups attached to an aromatic ring is 1. The van der Waals surface area contributed by atoms with Gasteiger partial charge in [-0.15, -0.1) is 0 Å². The van der Waals surface area contributed by atoms with Crippen LogP contribution in [-0.4, -0.2) is 30.4 Å². The lowest BCUT2D eigenvalue weighted by atomic mass is 10.2. The first-order chi connectivity index (χ1) is 8.56. The van der Waals surface area contributed by atoms with Gasteiger partial charge in [0.15, 0.2) is 0 Å². The minimum Gasteiger partial charge on any atom is -0.397 e. The first-order valence-electron chi connectivity index (χ1n) is 6.14. The zero-order chi connectivity index (χ0) is 13.5. The first kappa shape index (κ1) is 14.4. The lowest BCUT2D eigenvalue weighted by molar-refractivity contribution is -0.117. The highest BCUT2D eigenvalue weighted by atomic mass is 19.1. The fourth-order valence-corrected chi connectivity index (χ4v) is 1.69. The predicted octanol–water partition coefficient (Wildman–Crippen LogP) is 2.08. The van der Waals surface area contributed by atoms with E-state index in [1.807, 2.05) is 11.8 Å². The van der Waals surface area contributed by atoms with Gasteiger partial charge in [-0.25, -0.2) is 4.39 Å². The SMILES string of the molecule is CCCN(CC)CC(=O)Nc1cc(F)ccc1N. The van der Waals surface area contributed by atoms with Crippen molar-refractivity contribution in [3.8, 4) is 0 Å². The minimum atomic E-state index is -0.416. The summed E-state index contributed by atoms with van der Waals surface area (Å²) in [6.45, 7) is 6.02. The number of benzene rings is 1. The molecule has 0 heterocycles. The summed E-state index contributed by atoms with van der Waals surface area (Å²) in [6.07, 6.45) is 0.989. The van der Waals surface area contributed by atoms with Crippen LogP contribution in [0.5, 0.6) is 0 Å². The number of nitrogens with zero attached hydrogens (tertiary/aromatic N) is 1. The van der Waals surface area contributed by atoms with Crippen LogP contribution in [0.4, 0.5) is 15.8 Å². The number of rotatable bonds is 6. The quantitative estimate of drug-likeness (QED) is 0.763. The van der Waals surface area contributed by atoms with E-state index in [4.69, 9.17) is 5.73 Å². The Hall–Kier alpha value is -1.62. The average molecular weight is 253 g/mol. The molecule has 5 heteroatoms. The summed E-state index contributed by atoms with van der Waals surface area (Å²) < 4.78 is 13.0. The van der Waals surface area contributed by atoms with Gasteiger partial charge in [-0.2, -0.15) is 0 Å². The molecule has 100 valence electrons. The lowest BCUT2D eigenvalue weighted by Gasteiger charge is -2.19. The fraction of sp³-hybridized carbons (Fsp3) is 0.462. The second-order valence-electron chi connectivity index (χ2n) is 4.15. The van der Waals surface area contributed by atoms with Gasteiger partial charge in [0.25, 0.3) is 0 Å². The number of halogens is 1. The van der Waals surface area contributed by atoms with Crippen LogP contribution in [0.1, 0.15) is 20.3 Å². The second kappa shape index (κ2) is 6.96. The Labute approximate surface area is 107 Å². The molecule has 0 aliphatic rings. The molecule has 1 rings (SSSR count). The van der Waals surface area contributed by atoms with E-state index in [9.17, 15) is 9.18 Å². The van der Waals surface area contributed by atoms with Gasteiger partial charge in [0.1, 0.15) is 5.82 Å². The fourth-order valence-electron chi connectivity index (χ4n) is 1.69. The summed E-state index contributed by atoms with van der Waals surface area (Å²) in [5.41, 5.74) is 6.36. The third kappa shape index (κ3) is 4.33. The molecule has 0 aliphatic heterocycles. The van der Waals surface area contributed by atoms with Gasteiger partial charge in [-0.3, -0.25) is 9.69 Å². The molecule has 0 saturated carbocycles. The summed E-state index contributed by atoms with van der Waals surface area (Å²) in [6, 6.07) is 3.93. The Bertz CT molecular complexity index is 409. The minimum absolute atomic E-state index is 0.178. The Kier molecular flexibility index (Phi) is 5.58. The molecule has 0 unspecified atom stereocenters. The predicted molar refractivity (Wildman–Crippen MR) is 71.8 cm³/mol. The molecule has 0 radical (unpaired) electrons. The van der Waals surface area contributed by atoms with Gasteiger partial charge < -0.3 is 11.1 Å². The van der Waals surface area contributed by atoms with Crippen LogP contribution in [0.25, 0.3) is 0 Å². The zero-order valence-electron chi connectivity index (χ0n) is 10.9. The maximum absolute atomic E-state index is 13.0. The highest BCUT2D eigenvalue weighted by molar-refractivity contribution is 5.95. The number of carbonyl (C=O) groups is 1. The topological polar surface area (TPSA) is 58.4 Å². The van der Waals surface area contributed by atoms with E-state index in [-0.39, 0.29) is 5.91 Å². The van der Waals surface area contributed by atoms with E-state index >= 15 is 0 Å². The molecule has 4 nitrogen and oxygen atoms in total. The van der Waals surface area contributed by atoms with Crippen LogP contribution in [0.15, 0.2) is 18.2 Å². The van der Waals surface area contributed by atoms with Gasteiger partial charge in [-0.1, -0.05) is 13.8 Å². The molecular weight excluding hydrogens is 233 g/mol. The molecule has 18 heavy (non-hydrogen) atoms. The average Bonchev–Trinajstić information content (AvgIpc) is 2.33. The smallest absolute Gasteiger partial charge is 0.238 e. The van der Waals surface area contributed by atoms with Crippen molar-refractivity contribution in [3.63, 3.8) is 0 Å². The Morgan fingerprint density at radius 2 is 2.17 bits per heavy atom. The standard InChI is InChI=1S/C13H20FN3O/c1-3-7-17(4-2)9-13(18)16-12-8-10(14)5-6-11(12)15/h5-6,8H,3-4,7,9,15H2,1-2H3,(H,16,18). The second-order valence-corrected chi connectivity index (χ2v) is 4.15. The number of anilines is 2. The van der Waals surface area contributed by atoms with Gasteiger partial charge in [0.2, 0.25) is 5.91 Å². The van der Waals surface area contributed by atoms with Crippen LogP contribution >= 0.6 is 0 Å². The monoisotopic (exact) mass is 253 g/mol. The Morgan fingerprint density at radius 1 is 1.44 bits per heavy atom. The van der Waals surface area contributed by atoms with E-state index in [1.165, 1.54) is 18.2 Å². The Balaban J connectivity index is 2.61. The molecule has 0 spiro atoms. The summed E-state index contributed by atoms with van der Waals surface area (Å²) in [5.74, 6) is -0.594. The molecule has 0 aromatic heterocycles. The van der Waals surface area contributed by atoms with Crippen molar-refractivity contribution in [3.05, 3.63) is 24.0 Å². The summed E-state index contributed by atoms with van der Waals surface area (Å²) in [4.78, 5) is 13.8. The largest absolute Gasteiger partial charge is 0.397 e. The zero-order valence-corrected chi connectivity index (χ0v) is 10.9. The number of hydrogen-bond donors (Lipinski definition) is 2. The molecule has 1 aromatic rings. The van der Waals surface area contributed by atoms with E-state index in [1.54, 1.807) is 0 Å². The lowest BCUT2D eigenvalue weighted by Crippen LogP contribution is -2.33. The maximum atomic E-state index is 13.0. The van der Waals surface area contributed by atoms with Crippen molar-refractivity contribution < 1.29 is 9.18 Å². The van der Waals surface area contributed by atoms with Crippen LogP contribution in [0.3, 0.4) is 0 Å². The first-order valence-corrected chi connectivity index (χ1v) is 6.14. The highest BCUT2D eigenvalue weighted by Gasteiger charge is 2.10. The molecule has 0 atom stereocenters. The van der Waals surface area contributed by atoms with E-state index in [2.05, 4.69) is 12.2 Å². The molecular formula is C13H20FN3O. The van der Waals surface area contributed by atoms with Gasteiger partial charge in [-0.05, 0) is 37.7 Å². The molecule has 0 bridgehead atoms. The third-order valence-electron chi connectivity index (χ3n) is 2.64. The van der Waals surface area contributed by atoms with Crippen molar-refractivity contribution >= 4 is 17.3 Å². The number of amides is 1. The van der Waals surface area contributed by atoms with Crippen LogP contribution in [0, 0.1) is 5.82 Å². The van der Waals surface area contributed by atoms with Gasteiger partial charge in [0.05, 0.1) is 17.9 Å². The molecule has 0 fully saturated rings. The van der Waals surface area contributed by atoms with Crippen LogP contribution in [0.2, 0.25) is 0 Å². The van der Waals surface area contributed by atoms with E-state index in [0.717, 1.165) is 19.5 Å². The van der Waals surface area contributed by atoms with E-state index < -0.39 is 5.82 Å². The van der Waals surface area contributed by atoms with Crippen LogP contribution in [-0.2, 0) is 4.79 Å². The number of likely N-dealkylation sites (N-methyl/N-ethyl adjacent to an activating group) is 1. The number of nitrogens with two attached hydrogens (primary N) is 1.